The third-order valence-corrected chi connectivity index (χ3v) is 6.50. The molecular weight excluding hydrogens is 467 g/mol. The predicted octanol–water partition coefficient (Wildman–Crippen LogP) is 5.19. The standard InChI is InChI=1S/C23H22BrFN2O2S/c24-19-3-1-2-17(12-19)14-26-8-10-27(11-9-26)23(28)22-13-18(16-30-22)15-29-21-6-4-20(25)5-7-21/h1-7,12-13,16H,8-11,14-15H2. The average Bonchev–Trinajstić information content (AvgIpc) is 3.22. The first-order chi connectivity index (χ1) is 14.6. The first-order valence-electron chi connectivity index (χ1n) is 9.79. The minimum Gasteiger partial charge on any atom is -0.489 e. The van der Waals surface area contributed by atoms with Gasteiger partial charge in [-0.15, -0.1) is 11.3 Å². The fraction of sp³-hybridized carbons (Fsp3) is 0.261. The fourth-order valence-corrected chi connectivity index (χ4v) is 4.73. The highest BCUT2D eigenvalue weighted by Crippen LogP contribution is 2.21. The molecule has 7 heteroatoms. The highest BCUT2D eigenvalue weighted by Gasteiger charge is 2.23. The Morgan fingerprint density at radius 1 is 1.03 bits per heavy atom. The smallest absolute Gasteiger partial charge is 0.264 e. The molecule has 4 nitrogen and oxygen atoms in total. The largest absolute Gasteiger partial charge is 0.489 e. The van der Waals surface area contributed by atoms with Gasteiger partial charge in [0, 0.05) is 42.8 Å². The van der Waals surface area contributed by atoms with Crippen molar-refractivity contribution in [3.05, 3.63) is 86.3 Å². The number of hydrogen-bond acceptors (Lipinski definition) is 4. The quantitative estimate of drug-likeness (QED) is 0.478. The number of halogens is 2. The topological polar surface area (TPSA) is 32.8 Å². The van der Waals surface area contributed by atoms with Gasteiger partial charge in [0.25, 0.3) is 5.91 Å². The maximum Gasteiger partial charge on any atom is 0.264 e. The number of rotatable bonds is 6. The van der Waals surface area contributed by atoms with Gasteiger partial charge in [0.05, 0.1) is 4.88 Å². The van der Waals surface area contributed by atoms with Crippen LogP contribution in [0.1, 0.15) is 20.8 Å². The predicted molar refractivity (Wildman–Crippen MR) is 120 cm³/mol. The Labute approximate surface area is 188 Å². The minimum absolute atomic E-state index is 0.0788. The number of benzene rings is 2. The Bertz CT molecular complexity index is 1000. The minimum atomic E-state index is -0.289. The number of nitrogens with zero attached hydrogens (tertiary/aromatic N) is 2. The summed E-state index contributed by atoms with van der Waals surface area (Å²) in [6.07, 6.45) is 0. The molecule has 1 saturated heterocycles. The normalized spacial score (nSPS) is 14.7. The molecule has 30 heavy (non-hydrogen) atoms. The summed E-state index contributed by atoms with van der Waals surface area (Å²) in [6.45, 7) is 4.44. The summed E-state index contributed by atoms with van der Waals surface area (Å²) in [5.41, 5.74) is 2.22. The van der Waals surface area contributed by atoms with Crippen LogP contribution in [0.25, 0.3) is 0 Å². The molecule has 0 aliphatic carbocycles. The van der Waals surface area contributed by atoms with E-state index in [4.69, 9.17) is 4.74 Å². The number of amides is 1. The molecule has 0 atom stereocenters. The van der Waals surface area contributed by atoms with Crippen molar-refractivity contribution in [3.8, 4) is 5.75 Å². The summed E-state index contributed by atoms with van der Waals surface area (Å²) >= 11 is 4.96. The summed E-state index contributed by atoms with van der Waals surface area (Å²) in [4.78, 5) is 17.9. The van der Waals surface area contributed by atoms with Crippen LogP contribution in [0.3, 0.4) is 0 Å². The molecule has 0 spiro atoms. The third kappa shape index (κ3) is 5.47. The van der Waals surface area contributed by atoms with Gasteiger partial charge in [0.1, 0.15) is 18.2 Å². The van der Waals surface area contributed by atoms with Gasteiger partial charge in [0.2, 0.25) is 0 Å². The molecule has 1 aliphatic heterocycles. The number of ether oxygens (including phenoxy) is 1. The van der Waals surface area contributed by atoms with Crippen LogP contribution in [0.5, 0.6) is 5.75 Å². The van der Waals surface area contributed by atoms with Gasteiger partial charge in [-0.1, -0.05) is 28.1 Å². The lowest BCUT2D eigenvalue weighted by Crippen LogP contribution is -2.48. The molecule has 0 unspecified atom stereocenters. The number of carbonyl (C=O) groups excluding carboxylic acids is 1. The molecule has 0 bridgehead atoms. The number of hydrogen-bond donors (Lipinski definition) is 0. The van der Waals surface area contributed by atoms with Crippen LogP contribution in [0.4, 0.5) is 4.39 Å². The van der Waals surface area contributed by atoms with Crippen LogP contribution in [0.15, 0.2) is 64.5 Å². The lowest BCUT2D eigenvalue weighted by atomic mass is 10.2. The Hall–Kier alpha value is -2.22. The van der Waals surface area contributed by atoms with Gasteiger partial charge in [-0.2, -0.15) is 0 Å². The van der Waals surface area contributed by atoms with Crippen molar-refractivity contribution in [1.82, 2.24) is 9.80 Å². The van der Waals surface area contributed by atoms with Crippen molar-refractivity contribution < 1.29 is 13.9 Å². The van der Waals surface area contributed by atoms with E-state index in [-0.39, 0.29) is 11.7 Å². The van der Waals surface area contributed by atoms with E-state index in [0.29, 0.717) is 12.4 Å². The van der Waals surface area contributed by atoms with Crippen molar-refractivity contribution in [2.45, 2.75) is 13.2 Å². The van der Waals surface area contributed by atoms with Gasteiger partial charge in [-0.3, -0.25) is 9.69 Å². The van der Waals surface area contributed by atoms with E-state index in [1.165, 1.54) is 29.0 Å². The molecule has 1 aliphatic rings. The highest BCUT2D eigenvalue weighted by atomic mass is 79.9. The molecule has 2 aromatic carbocycles. The summed E-state index contributed by atoms with van der Waals surface area (Å²) in [5, 5.41) is 1.94. The van der Waals surface area contributed by atoms with E-state index in [1.807, 2.05) is 28.5 Å². The van der Waals surface area contributed by atoms with E-state index in [9.17, 15) is 9.18 Å². The average molecular weight is 489 g/mol. The van der Waals surface area contributed by atoms with Gasteiger partial charge in [0.15, 0.2) is 0 Å². The highest BCUT2D eigenvalue weighted by molar-refractivity contribution is 9.10. The lowest BCUT2D eigenvalue weighted by molar-refractivity contribution is 0.0633. The first kappa shape index (κ1) is 21.0. The molecule has 1 fully saturated rings. The molecule has 0 N–H and O–H groups in total. The number of carbonyl (C=O) groups is 1. The van der Waals surface area contributed by atoms with Crippen LogP contribution in [-0.2, 0) is 13.2 Å². The molecule has 0 radical (unpaired) electrons. The Kier molecular flexibility index (Phi) is 6.82. The Morgan fingerprint density at radius 2 is 1.80 bits per heavy atom. The van der Waals surface area contributed by atoms with Crippen molar-refractivity contribution in [1.29, 1.82) is 0 Å². The summed E-state index contributed by atoms with van der Waals surface area (Å²) in [7, 11) is 0. The van der Waals surface area contributed by atoms with Gasteiger partial charge in [-0.25, -0.2) is 4.39 Å². The first-order valence-corrected chi connectivity index (χ1v) is 11.5. The number of piperazine rings is 1. The second-order valence-corrected chi connectivity index (χ2v) is 9.09. The molecule has 1 amide bonds. The molecule has 0 saturated carbocycles. The van der Waals surface area contributed by atoms with E-state index in [0.717, 1.165) is 47.6 Å². The molecular formula is C23H22BrFN2O2S. The zero-order valence-electron chi connectivity index (χ0n) is 16.4. The van der Waals surface area contributed by atoms with E-state index < -0.39 is 0 Å². The zero-order valence-corrected chi connectivity index (χ0v) is 18.8. The maximum absolute atomic E-state index is 13.0. The van der Waals surface area contributed by atoms with Crippen LogP contribution >= 0.6 is 27.3 Å². The summed E-state index contributed by atoms with van der Waals surface area (Å²) in [6, 6.07) is 16.2. The SMILES string of the molecule is O=C(c1cc(COc2ccc(F)cc2)cs1)N1CCN(Cc2cccc(Br)c2)CC1. The van der Waals surface area contributed by atoms with Gasteiger partial charge >= 0.3 is 0 Å². The molecule has 4 rings (SSSR count). The monoisotopic (exact) mass is 488 g/mol. The van der Waals surface area contributed by atoms with Crippen LogP contribution < -0.4 is 4.74 Å². The third-order valence-electron chi connectivity index (χ3n) is 5.04. The van der Waals surface area contributed by atoms with Crippen molar-refractivity contribution >= 4 is 33.2 Å². The van der Waals surface area contributed by atoms with Crippen molar-refractivity contribution in [2.75, 3.05) is 26.2 Å². The fourth-order valence-electron chi connectivity index (χ4n) is 3.42. The number of thiophene rings is 1. The maximum atomic E-state index is 13.0. The van der Waals surface area contributed by atoms with Crippen LogP contribution in [0.2, 0.25) is 0 Å². The molecule has 156 valence electrons. The second kappa shape index (κ2) is 9.73. The summed E-state index contributed by atoms with van der Waals surface area (Å²) < 4.78 is 19.7. The zero-order chi connectivity index (χ0) is 20.9. The lowest BCUT2D eigenvalue weighted by Gasteiger charge is -2.34. The molecule has 2 heterocycles. The van der Waals surface area contributed by atoms with Crippen molar-refractivity contribution in [2.24, 2.45) is 0 Å². The van der Waals surface area contributed by atoms with Crippen molar-refractivity contribution in [3.63, 3.8) is 0 Å². The molecule has 1 aromatic heterocycles. The Balaban J connectivity index is 1.27. The van der Waals surface area contributed by atoms with E-state index in [1.54, 1.807) is 12.1 Å². The second-order valence-electron chi connectivity index (χ2n) is 7.26. The van der Waals surface area contributed by atoms with E-state index in [2.05, 4.69) is 33.0 Å². The van der Waals surface area contributed by atoms with Crippen LogP contribution in [0, 0.1) is 5.82 Å². The van der Waals surface area contributed by atoms with Gasteiger partial charge < -0.3 is 9.64 Å². The van der Waals surface area contributed by atoms with Crippen LogP contribution in [-0.4, -0.2) is 41.9 Å². The summed E-state index contributed by atoms with van der Waals surface area (Å²) in [5.74, 6) is 0.398. The Morgan fingerprint density at radius 3 is 2.53 bits per heavy atom. The van der Waals surface area contributed by atoms with Gasteiger partial charge in [-0.05, 0) is 53.4 Å². The molecule has 3 aromatic rings. The van der Waals surface area contributed by atoms with E-state index >= 15 is 0 Å².